The van der Waals surface area contributed by atoms with Gasteiger partial charge in [0, 0.05) is 25.2 Å². The van der Waals surface area contributed by atoms with Crippen molar-refractivity contribution in [2.75, 3.05) is 26.2 Å². The highest BCUT2D eigenvalue weighted by atomic mass is 16.5. The molecule has 0 saturated carbocycles. The Morgan fingerprint density at radius 3 is 3.08 bits per heavy atom. The first-order chi connectivity index (χ1) is 6.29. The van der Waals surface area contributed by atoms with Crippen LogP contribution in [0.1, 0.15) is 20.3 Å². The molecule has 0 amide bonds. The van der Waals surface area contributed by atoms with Gasteiger partial charge in [-0.05, 0) is 26.8 Å². The number of piperidine rings is 1. The Morgan fingerprint density at radius 1 is 1.46 bits per heavy atom. The Balaban J connectivity index is 2.02. The van der Waals surface area contributed by atoms with E-state index >= 15 is 0 Å². The van der Waals surface area contributed by atoms with Gasteiger partial charge in [-0.2, -0.15) is 0 Å². The van der Waals surface area contributed by atoms with Gasteiger partial charge < -0.3 is 10.1 Å². The Morgan fingerprint density at radius 2 is 2.31 bits per heavy atom. The molecule has 3 nitrogen and oxygen atoms in total. The lowest BCUT2D eigenvalue weighted by molar-refractivity contribution is -0.0923. The summed E-state index contributed by atoms with van der Waals surface area (Å²) in [6, 6.07) is 1.26. The lowest BCUT2D eigenvalue weighted by Crippen LogP contribution is -2.60. The van der Waals surface area contributed by atoms with Gasteiger partial charge in [0.25, 0.3) is 0 Å². The minimum Gasteiger partial charge on any atom is -0.375 e. The van der Waals surface area contributed by atoms with Crippen LogP contribution in [0.5, 0.6) is 0 Å². The average molecular weight is 184 g/mol. The quantitative estimate of drug-likeness (QED) is 0.640. The van der Waals surface area contributed by atoms with Crippen molar-refractivity contribution in [3.05, 3.63) is 0 Å². The normalized spacial score (nSPS) is 36.2. The highest BCUT2D eigenvalue weighted by Gasteiger charge is 2.34. The number of hydrogen-bond acceptors (Lipinski definition) is 3. The van der Waals surface area contributed by atoms with Crippen molar-refractivity contribution in [2.45, 2.75) is 38.5 Å². The van der Waals surface area contributed by atoms with Crippen LogP contribution in [-0.2, 0) is 4.74 Å². The number of morpholine rings is 1. The number of ether oxygens (including phenoxy) is 1. The molecule has 0 aromatic carbocycles. The third kappa shape index (κ3) is 1.87. The molecule has 0 unspecified atom stereocenters. The van der Waals surface area contributed by atoms with Gasteiger partial charge >= 0.3 is 0 Å². The molecule has 0 aliphatic carbocycles. The SMILES string of the molecule is CC(C)N1CCO[C@H]2CCNC[C@H]21. The number of fused-ring (bicyclic) bond motifs is 1. The van der Waals surface area contributed by atoms with Crippen LogP contribution in [0.25, 0.3) is 0 Å². The Bertz CT molecular complexity index is 170. The summed E-state index contributed by atoms with van der Waals surface area (Å²) in [6.45, 7) is 8.78. The second-order valence-corrected chi connectivity index (χ2v) is 4.30. The van der Waals surface area contributed by atoms with Gasteiger partial charge in [0.2, 0.25) is 0 Å². The molecule has 0 aromatic rings. The average Bonchev–Trinajstić information content (AvgIpc) is 2.17. The van der Waals surface area contributed by atoms with Crippen molar-refractivity contribution in [1.29, 1.82) is 0 Å². The highest BCUT2D eigenvalue weighted by molar-refractivity contribution is 4.90. The van der Waals surface area contributed by atoms with E-state index in [1.54, 1.807) is 0 Å². The van der Waals surface area contributed by atoms with E-state index in [0.29, 0.717) is 18.2 Å². The zero-order valence-electron chi connectivity index (χ0n) is 8.62. The molecule has 0 aromatic heterocycles. The number of rotatable bonds is 1. The molecule has 2 rings (SSSR count). The lowest BCUT2D eigenvalue weighted by atomic mass is 9.99. The summed E-state index contributed by atoms with van der Waals surface area (Å²) in [5.41, 5.74) is 0. The lowest BCUT2D eigenvalue weighted by Gasteiger charge is -2.45. The summed E-state index contributed by atoms with van der Waals surface area (Å²) in [7, 11) is 0. The summed E-state index contributed by atoms with van der Waals surface area (Å²) >= 11 is 0. The molecule has 2 aliphatic rings. The molecule has 2 saturated heterocycles. The summed E-state index contributed by atoms with van der Waals surface area (Å²) in [4.78, 5) is 2.57. The van der Waals surface area contributed by atoms with Crippen molar-refractivity contribution in [3.8, 4) is 0 Å². The first-order valence-corrected chi connectivity index (χ1v) is 5.37. The van der Waals surface area contributed by atoms with Crippen LogP contribution < -0.4 is 5.32 Å². The fourth-order valence-corrected chi connectivity index (χ4v) is 2.46. The van der Waals surface area contributed by atoms with E-state index in [2.05, 4.69) is 24.1 Å². The molecule has 0 spiro atoms. The van der Waals surface area contributed by atoms with Gasteiger partial charge in [0.15, 0.2) is 0 Å². The molecule has 2 aliphatic heterocycles. The molecule has 0 radical (unpaired) electrons. The molecule has 2 atom stereocenters. The number of hydrogen-bond donors (Lipinski definition) is 1. The van der Waals surface area contributed by atoms with E-state index in [4.69, 9.17) is 4.74 Å². The molecule has 3 heteroatoms. The van der Waals surface area contributed by atoms with E-state index < -0.39 is 0 Å². The maximum atomic E-state index is 5.78. The molecule has 2 heterocycles. The predicted octanol–water partition coefficient (Wildman–Crippen LogP) is 0.458. The third-order valence-corrected chi connectivity index (χ3v) is 3.16. The predicted molar refractivity (Wildman–Crippen MR) is 52.9 cm³/mol. The van der Waals surface area contributed by atoms with Gasteiger partial charge in [0.05, 0.1) is 12.7 Å². The molecule has 13 heavy (non-hydrogen) atoms. The molecular weight excluding hydrogens is 164 g/mol. The van der Waals surface area contributed by atoms with Crippen LogP contribution in [0.15, 0.2) is 0 Å². The minimum atomic E-state index is 0.484. The van der Waals surface area contributed by atoms with Crippen LogP contribution in [0.4, 0.5) is 0 Å². The maximum absolute atomic E-state index is 5.78. The summed E-state index contributed by atoms with van der Waals surface area (Å²) in [5.74, 6) is 0. The second kappa shape index (κ2) is 3.95. The van der Waals surface area contributed by atoms with Gasteiger partial charge in [-0.15, -0.1) is 0 Å². The zero-order chi connectivity index (χ0) is 9.26. The first-order valence-electron chi connectivity index (χ1n) is 5.37. The summed E-state index contributed by atoms with van der Waals surface area (Å²) in [5, 5.41) is 3.45. The van der Waals surface area contributed by atoms with Gasteiger partial charge in [0.1, 0.15) is 0 Å². The molecule has 2 fully saturated rings. The van der Waals surface area contributed by atoms with E-state index in [1.807, 2.05) is 0 Å². The Hall–Kier alpha value is -0.120. The standard InChI is InChI=1S/C10H20N2O/c1-8(2)12-5-6-13-10-3-4-11-7-9(10)12/h8-11H,3-7H2,1-2H3/t9-,10+/m1/s1. The Labute approximate surface area is 80.4 Å². The van der Waals surface area contributed by atoms with Crippen LogP contribution in [-0.4, -0.2) is 49.3 Å². The van der Waals surface area contributed by atoms with Gasteiger partial charge in [-0.3, -0.25) is 4.90 Å². The van der Waals surface area contributed by atoms with Crippen molar-refractivity contribution in [1.82, 2.24) is 10.2 Å². The first kappa shape index (κ1) is 9.44. The Kier molecular flexibility index (Phi) is 2.86. The molecule has 1 N–H and O–H groups in total. The van der Waals surface area contributed by atoms with E-state index in [-0.39, 0.29) is 0 Å². The monoisotopic (exact) mass is 184 g/mol. The van der Waals surface area contributed by atoms with Crippen molar-refractivity contribution in [2.24, 2.45) is 0 Å². The second-order valence-electron chi connectivity index (χ2n) is 4.30. The third-order valence-electron chi connectivity index (χ3n) is 3.16. The molecular formula is C10H20N2O. The molecule has 0 bridgehead atoms. The number of nitrogens with zero attached hydrogens (tertiary/aromatic N) is 1. The number of nitrogens with one attached hydrogen (secondary N) is 1. The maximum Gasteiger partial charge on any atom is 0.0755 e. The highest BCUT2D eigenvalue weighted by Crippen LogP contribution is 2.20. The topological polar surface area (TPSA) is 24.5 Å². The molecule has 76 valence electrons. The van der Waals surface area contributed by atoms with Crippen LogP contribution >= 0.6 is 0 Å². The minimum absolute atomic E-state index is 0.484. The van der Waals surface area contributed by atoms with Crippen LogP contribution in [0.3, 0.4) is 0 Å². The fourth-order valence-electron chi connectivity index (χ4n) is 2.46. The van der Waals surface area contributed by atoms with Crippen LogP contribution in [0.2, 0.25) is 0 Å². The van der Waals surface area contributed by atoms with E-state index in [0.717, 1.165) is 26.2 Å². The zero-order valence-corrected chi connectivity index (χ0v) is 8.62. The van der Waals surface area contributed by atoms with Gasteiger partial charge in [-0.1, -0.05) is 0 Å². The van der Waals surface area contributed by atoms with Gasteiger partial charge in [-0.25, -0.2) is 0 Å². The van der Waals surface area contributed by atoms with Crippen LogP contribution in [0, 0.1) is 0 Å². The fraction of sp³-hybridized carbons (Fsp3) is 1.00. The van der Waals surface area contributed by atoms with Crippen molar-refractivity contribution in [3.63, 3.8) is 0 Å². The summed E-state index contributed by atoms with van der Waals surface area (Å²) < 4.78 is 5.78. The van der Waals surface area contributed by atoms with Crippen molar-refractivity contribution >= 4 is 0 Å². The van der Waals surface area contributed by atoms with Crippen molar-refractivity contribution < 1.29 is 4.74 Å². The smallest absolute Gasteiger partial charge is 0.0755 e. The van der Waals surface area contributed by atoms with E-state index in [9.17, 15) is 0 Å². The summed E-state index contributed by atoms with van der Waals surface area (Å²) in [6.07, 6.45) is 1.66. The largest absolute Gasteiger partial charge is 0.375 e. The van der Waals surface area contributed by atoms with E-state index in [1.165, 1.54) is 6.42 Å².